The van der Waals surface area contributed by atoms with E-state index < -0.39 is 7.26 Å². The minimum absolute atomic E-state index is 0.496. The lowest BCUT2D eigenvalue weighted by molar-refractivity contribution is 0.963. The highest BCUT2D eigenvalue weighted by atomic mass is 32.1. The molecule has 16 heavy (non-hydrogen) atoms. The van der Waals surface area contributed by atoms with Crippen LogP contribution in [0.1, 0.15) is 53.4 Å². The van der Waals surface area contributed by atoms with E-state index in [0.717, 1.165) is 0 Å². The third-order valence-corrected chi connectivity index (χ3v) is 8.38. The number of hydrogen-bond acceptors (Lipinski definition) is 1. The number of nitrogens with zero attached hydrogens (tertiary/aromatic N) is 1. The highest BCUT2D eigenvalue weighted by Crippen LogP contribution is 2.60. The van der Waals surface area contributed by atoms with E-state index in [1.807, 2.05) is 0 Å². The monoisotopic (exact) mass is 261 g/mol. The predicted octanol–water partition coefficient (Wildman–Crippen LogP) is 5.30. The van der Waals surface area contributed by atoms with Crippen LogP contribution >= 0.6 is 19.5 Å². The lowest BCUT2D eigenvalue weighted by Gasteiger charge is -2.26. The van der Waals surface area contributed by atoms with Crippen LogP contribution in [0.4, 0.5) is 0 Å². The van der Waals surface area contributed by atoms with Gasteiger partial charge in [0.15, 0.2) is 0 Å². The highest BCUT2D eigenvalue weighted by Gasteiger charge is 2.32. The Balaban J connectivity index is 0. The van der Waals surface area contributed by atoms with Gasteiger partial charge >= 0.3 is 0 Å². The molecule has 0 spiro atoms. The molecule has 0 aliphatic heterocycles. The minimum atomic E-state index is -0.496. The highest BCUT2D eigenvalue weighted by molar-refractivity contribution is 7.78. The van der Waals surface area contributed by atoms with Crippen molar-refractivity contribution < 1.29 is 0 Å². The quantitative estimate of drug-likeness (QED) is 0.330. The van der Waals surface area contributed by atoms with E-state index in [-0.39, 0.29) is 0 Å². The maximum absolute atomic E-state index is 7.13. The van der Waals surface area contributed by atoms with Crippen molar-refractivity contribution in [2.75, 3.05) is 24.6 Å². The summed E-state index contributed by atoms with van der Waals surface area (Å²) in [6.07, 6.45) is 11.9. The van der Waals surface area contributed by atoms with Crippen LogP contribution in [0.25, 0.3) is 5.41 Å². The summed E-state index contributed by atoms with van der Waals surface area (Å²) in [5.41, 5.74) is 0. The van der Waals surface area contributed by atoms with Gasteiger partial charge < -0.3 is 5.41 Å². The molecular weight excluding hydrogens is 233 g/mol. The first kappa shape index (κ1) is 18.6. The molecule has 1 nitrogen and oxygen atoms in total. The first-order chi connectivity index (χ1) is 7.66. The summed E-state index contributed by atoms with van der Waals surface area (Å²) in [7, 11) is -0.496. The van der Waals surface area contributed by atoms with Gasteiger partial charge in [-0.1, -0.05) is 39.9 Å². The van der Waals surface area contributed by atoms with Gasteiger partial charge in [-0.05, 0) is 25.7 Å². The Morgan fingerprint density at radius 1 is 0.812 bits per heavy atom. The van der Waals surface area contributed by atoms with E-state index in [1.54, 1.807) is 24.6 Å². The molecule has 0 rings (SSSR count). The first-order valence-corrected chi connectivity index (χ1v) is 9.46. The SMILES string of the molecule is CCC[P+](CCC)(CCC)CCC.[N-]=C=S. The molecule has 0 saturated heterocycles. The van der Waals surface area contributed by atoms with Crippen LogP contribution in [-0.2, 0) is 0 Å². The van der Waals surface area contributed by atoms with Crippen LogP contribution in [0.3, 0.4) is 0 Å². The Labute approximate surface area is 108 Å². The maximum Gasteiger partial charge on any atom is 0.0591 e. The van der Waals surface area contributed by atoms with Gasteiger partial charge in [-0.3, -0.25) is 0 Å². The van der Waals surface area contributed by atoms with Gasteiger partial charge in [0, 0.05) is 7.26 Å². The summed E-state index contributed by atoms with van der Waals surface area (Å²) >= 11 is 3.70. The molecule has 0 atom stereocenters. The average molecular weight is 261 g/mol. The fourth-order valence-electron chi connectivity index (χ4n) is 2.57. The molecule has 3 heteroatoms. The summed E-state index contributed by atoms with van der Waals surface area (Å²) in [5.74, 6) is 0. The van der Waals surface area contributed by atoms with E-state index >= 15 is 0 Å². The largest absolute Gasteiger partial charge is 0.753 e. The van der Waals surface area contributed by atoms with Crippen LogP contribution in [0, 0.1) is 0 Å². The molecule has 0 fully saturated rings. The summed E-state index contributed by atoms with van der Waals surface area (Å²) in [6.45, 7) is 9.43. The van der Waals surface area contributed by atoms with Gasteiger partial charge in [-0.15, -0.1) is 0 Å². The van der Waals surface area contributed by atoms with Crippen molar-refractivity contribution >= 4 is 24.6 Å². The lowest BCUT2D eigenvalue weighted by Crippen LogP contribution is -2.10. The van der Waals surface area contributed by atoms with Gasteiger partial charge in [0.1, 0.15) is 0 Å². The zero-order valence-electron chi connectivity index (χ0n) is 11.5. The Bertz CT molecular complexity index is 147. The van der Waals surface area contributed by atoms with E-state index in [0.29, 0.717) is 0 Å². The van der Waals surface area contributed by atoms with Crippen LogP contribution in [-0.4, -0.2) is 29.8 Å². The molecule has 0 aliphatic carbocycles. The predicted molar refractivity (Wildman–Crippen MR) is 83.5 cm³/mol. The fourth-order valence-corrected chi connectivity index (χ4v) is 7.70. The number of thiocarbonyl (C=S) groups is 1. The molecule has 0 radical (unpaired) electrons. The molecule has 0 amide bonds. The topological polar surface area (TPSA) is 22.3 Å². The average Bonchev–Trinajstić information content (AvgIpc) is 2.20. The van der Waals surface area contributed by atoms with Crippen molar-refractivity contribution in [1.82, 2.24) is 0 Å². The Morgan fingerprint density at radius 3 is 1.12 bits per heavy atom. The number of rotatable bonds is 8. The third kappa shape index (κ3) is 9.46. The van der Waals surface area contributed by atoms with E-state index in [1.165, 1.54) is 30.8 Å². The molecule has 0 unspecified atom stereocenters. The molecule has 0 N–H and O–H groups in total. The first-order valence-electron chi connectivity index (χ1n) is 6.52. The zero-order valence-corrected chi connectivity index (χ0v) is 13.2. The smallest absolute Gasteiger partial charge is 0.0591 e. The van der Waals surface area contributed by atoms with Crippen molar-refractivity contribution in [3.63, 3.8) is 0 Å². The van der Waals surface area contributed by atoms with Gasteiger partial charge in [-0.25, -0.2) is 0 Å². The van der Waals surface area contributed by atoms with Gasteiger partial charge in [-0.2, -0.15) is 5.16 Å². The van der Waals surface area contributed by atoms with Crippen molar-refractivity contribution in [3.8, 4) is 0 Å². The summed E-state index contributed by atoms with van der Waals surface area (Å²) in [4.78, 5) is 0. The summed E-state index contributed by atoms with van der Waals surface area (Å²) < 4.78 is 0. The van der Waals surface area contributed by atoms with E-state index in [4.69, 9.17) is 5.41 Å². The second kappa shape index (κ2) is 13.3. The lowest BCUT2D eigenvalue weighted by atomic mass is 10.5. The van der Waals surface area contributed by atoms with Crippen LogP contribution < -0.4 is 0 Å². The molecule has 0 aromatic rings. The Hall–Kier alpha value is 0.230. The van der Waals surface area contributed by atoms with Crippen LogP contribution in [0.5, 0.6) is 0 Å². The fraction of sp³-hybridized carbons (Fsp3) is 0.923. The molecule has 0 bridgehead atoms. The minimum Gasteiger partial charge on any atom is -0.753 e. The second-order valence-corrected chi connectivity index (χ2v) is 8.98. The van der Waals surface area contributed by atoms with Crippen molar-refractivity contribution in [2.45, 2.75) is 53.4 Å². The second-order valence-electron chi connectivity index (χ2n) is 4.33. The molecular formula is C13H28NPS. The van der Waals surface area contributed by atoms with Gasteiger partial charge in [0.05, 0.1) is 24.6 Å². The summed E-state index contributed by atoms with van der Waals surface area (Å²) in [6, 6.07) is 0. The maximum atomic E-state index is 7.13. The Morgan fingerprint density at radius 2 is 1.00 bits per heavy atom. The zero-order chi connectivity index (χ0) is 12.9. The molecule has 0 aromatic heterocycles. The van der Waals surface area contributed by atoms with Crippen molar-refractivity contribution in [1.29, 1.82) is 0 Å². The third-order valence-electron chi connectivity index (χ3n) is 2.79. The van der Waals surface area contributed by atoms with Crippen LogP contribution in [0.2, 0.25) is 0 Å². The Kier molecular flexibility index (Phi) is 15.4. The normalized spacial score (nSPS) is 10.2. The van der Waals surface area contributed by atoms with E-state index in [9.17, 15) is 0 Å². The van der Waals surface area contributed by atoms with Gasteiger partial charge in [0.2, 0.25) is 0 Å². The number of hydrogen-bond donors (Lipinski definition) is 0. The van der Waals surface area contributed by atoms with Crippen molar-refractivity contribution in [3.05, 3.63) is 5.41 Å². The van der Waals surface area contributed by atoms with Crippen LogP contribution in [0.15, 0.2) is 0 Å². The summed E-state index contributed by atoms with van der Waals surface area (Å²) in [5, 5.41) is 8.47. The molecule has 0 aromatic carbocycles. The molecule has 0 saturated carbocycles. The molecule has 96 valence electrons. The molecule has 0 aliphatic rings. The molecule has 0 heterocycles. The van der Waals surface area contributed by atoms with E-state index in [2.05, 4.69) is 39.9 Å². The standard InChI is InChI=1S/C12H28P.CNS/c1-5-9-13(10-6-2,11-7-3)12-8-4;2-1-3/h5-12H2,1-4H3;/q+1;-1. The number of isothiocyanates is 1. The van der Waals surface area contributed by atoms with Crippen molar-refractivity contribution in [2.24, 2.45) is 0 Å². The van der Waals surface area contributed by atoms with Gasteiger partial charge in [0.25, 0.3) is 0 Å².